The Labute approximate surface area is 184 Å². The smallest absolute Gasteiger partial charge is 0.387 e. The van der Waals surface area contributed by atoms with Gasteiger partial charge in [-0.2, -0.15) is 8.62 Å². The van der Waals surface area contributed by atoms with Gasteiger partial charge in [0.15, 0.2) is 18.2 Å². The maximum absolute atomic E-state index is 11.9. The number of aromatic nitrogens is 2. The number of imidazole rings is 1. The van der Waals surface area contributed by atoms with Gasteiger partial charge in [0, 0.05) is 12.4 Å². The second-order valence-corrected chi connectivity index (χ2v) is 11.3. The Bertz CT molecular complexity index is 1120. The molecule has 0 spiro atoms. The summed E-state index contributed by atoms with van der Waals surface area (Å²) in [4.78, 5) is 46.0. The van der Waals surface area contributed by atoms with Gasteiger partial charge in [-0.1, -0.05) is 0 Å². The van der Waals surface area contributed by atoms with Gasteiger partial charge in [0.1, 0.15) is 24.0 Å². The maximum Gasteiger partial charge on any atom is 0.490 e. The second-order valence-electron chi connectivity index (χ2n) is 6.87. The van der Waals surface area contributed by atoms with Gasteiger partial charge in [-0.25, -0.2) is 23.7 Å². The van der Waals surface area contributed by atoms with Crippen molar-refractivity contribution in [2.24, 2.45) is 4.99 Å². The highest BCUT2D eigenvalue weighted by Crippen LogP contribution is 2.66. The molecule has 0 aromatic carbocycles. The quantitative estimate of drug-likeness (QED) is 0.196. The summed E-state index contributed by atoms with van der Waals surface area (Å²) < 4.78 is 52.4. The van der Waals surface area contributed by atoms with Gasteiger partial charge >= 0.3 is 23.5 Å². The largest absolute Gasteiger partial charge is 0.490 e. The second kappa shape index (κ2) is 8.62. The Hall–Kier alpha value is -1.49. The number of fused-ring (bicyclic) bond motifs is 3. The van der Waals surface area contributed by atoms with Gasteiger partial charge in [-0.15, -0.1) is 0 Å². The van der Waals surface area contributed by atoms with Crippen LogP contribution < -0.4 is 5.32 Å². The predicted molar refractivity (Wildman–Crippen MR) is 103 cm³/mol. The van der Waals surface area contributed by atoms with Gasteiger partial charge in [0.05, 0.1) is 19.3 Å². The summed E-state index contributed by atoms with van der Waals surface area (Å²) in [5.41, 5.74) is 0.504. The standard InChI is InChI=1S/C12H18N5O13P3/c18-8-6(3-27-32(23,24)30-33(25,26)29-31(20,21)22)28-12(9(8)19)17-5-14-7-10-13-1-2-16(10)4-15-11(7)17/h1-2,4-6,8-10,12-13,18-19H,3H2,(H,23,24)(H,25,26)(H2,20,21,22)/t6-,8-,9-,10?,12-/m1/s1. The Balaban J connectivity index is 1.42. The lowest BCUT2D eigenvalue weighted by molar-refractivity contribution is -0.0512. The average Bonchev–Trinajstić information content (AvgIpc) is 3.35. The number of aliphatic hydroxyl groups is 2. The molecule has 0 amide bonds. The van der Waals surface area contributed by atoms with Crippen LogP contribution in [0.15, 0.2) is 23.7 Å². The van der Waals surface area contributed by atoms with Crippen LogP contribution in [0.1, 0.15) is 18.1 Å². The normalized spacial score (nSPS) is 32.2. The monoisotopic (exact) mass is 533 g/mol. The molecule has 4 rings (SSSR count). The fourth-order valence-electron chi connectivity index (χ4n) is 3.29. The highest BCUT2D eigenvalue weighted by Gasteiger charge is 2.47. The summed E-state index contributed by atoms with van der Waals surface area (Å²) in [7, 11) is -16.7. The number of nitrogens with zero attached hydrogens (tertiary/aromatic N) is 4. The molecule has 0 aliphatic carbocycles. The molecule has 184 valence electrons. The molecule has 4 heterocycles. The zero-order valence-corrected chi connectivity index (χ0v) is 18.8. The van der Waals surface area contributed by atoms with Crippen molar-refractivity contribution in [3.8, 4) is 0 Å². The molecule has 18 nitrogen and oxygen atoms in total. The minimum absolute atomic E-state index is 0.317. The van der Waals surface area contributed by atoms with E-state index in [1.165, 1.54) is 17.2 Å². The molecule has 3 aliphatic rings. The van der Waals surface area contributed by atoms with Crippen LogP contribution in [0.5, 0.6) is 0 Å². The summed E-state index contributed by atoms with van der Waals surface area (Å²) in [6.45, 7) is -0.930. The molecule has 0 saturated carbocycles. The van der Waals surface area contributed by atoms with Crippen molar-refractivity contribution >= 4 is 35.6 Å². The number of phosphoric acid groups is 3. The summed E-state index contributed by atoms with van der Waals surface area (Å²) >= 11 is 0. The number of nitrogens with one attached hydrogen (secondary N) is 1. The average molecular weight is 533 g/mol. The summed E-state index contributed by atoms with van der Waals surface area (Å²) in [5, 5.41) is 23.7. The fraction of sp³-hybridized carbons (Fsp3) is 0.500. The fourth-order valence-corrected chi connectivity index (χ4v) is 6.32. The van der Waals surface area contributed by atoms with Crippen LogP contribution in [0.2, 0.25) is 0 Å². The van der Waals surface area contributed by atoms with Crippen LogP contribution in [-0.2, 0) is 31.6 Å². The Kier molecular flexibility index (Phi) is 6.44. The molecule has 1 saturated heterocycles. The van der Waals surface area contributed by atoms with Crippen molar-refractivity contribution in [1.82, 2.24) is 19.8 Å². The summed E-state index contributed by atoms with van der Waals surface area (Å²) in [6.07, 6.45) is 0.0589. The van der Waals surface area contributed by atoms with E-state index in [2.05, 4.69) is 28.4 Å². The molecule has 1 aromatic heterocycles. The van der Waals surface area contributed by atoms with E-state index in [4.69, 9.17) is 19.4 Å². The SMILES string of the molecule is O=P(O)(O)OP(=O)(O)OP(=O)(O)OC[C@H]1O[C@@H](n2cnc3c2N=CN2C=CNC32)[C@H](O)[C@@H]1O. The van der Waals surface area contributed by atoms with E-state index in [9.17, 15) is 28.8 Å². The van der Waals surface area contributed by atoms with Gasteiger partial charge in [-0.05, 0) is 0 Å². The van der Waals surface area contributed by atoms with E-state index in [0.717, 1.165) is 0 Å². The third-order valence-corrected chi connectivity index (χ3v) is 8.40. The van der Waals surface area contributed by atoms with Gasteiger partial charge in [0.2, 0.25) is 0 Å². The summed E-state index contributed by atoms with van der Waals surface area (Å²) in [5.74, 6) is 0.317. The lowest BCUT2D eigenvalue weighted by Gasteiger charge is -2.25. The van der Waals surface area contributed by atoms with Crippen LogP contribution in [0, 0.1) is 0 Å². The van der Waals surface area contributed by atoms with E-state index in [1.807, 2.05) is 0 Å². The van der Waals surface area contributed by atoms with Crippen LogP contribution in [0.25, 0.3) is 0 Å². The lowest BCUT2D eigenvalue weighted by atomic mass is 10.1. The molecule has 1 aromatic rings. The van der Waals surface area contributed by atoms with Crippen molar-refractivity contribution in [2.75, 3.05) is 6.61 Å². The topological polar surface area (TPSA) is 255 Å². The van der Waals surface area contributed by atoms with Crippen molar-refractivity contribution < 1.29 is 61.4 Å². The maximum atomic E-state index is 11.9. The van der Waals surface area contributed by atoms with Gasteiger partial charge < -0.3 is 44.7 Å². The first-order valence-corrected chi connectivity index (χ1v) is 13.4. The summed E-state index contributed by atoms with van der Waals surface area (Å²) in [6, 6.07) is 0. The number of rotatable bonds is 8. The predicted octanol–water partition coefficient (Wildman–Crippen LogP) is -1.11. The van der Waals surface area contributed by atoms with E-state index in [0.29, 0.717) is 11.5 Å². The van der Waals surface area contributed by atoms with E-state index in [1.54, 1.807) is 17.3 Å². The Morgan fingerprint density at radius 3 is 2.52 bits per heavy atom. The van der Waals surface area contributed by atoms with Gasteiger partial charge in [0.25, 0.3) is 0 Å². The van der Waals surface area contributed by atoms with Crippen LogP contribution in [-0.4, -0.2) is 75.5 Å². The van der Waals surface area contributed by atoms with Gasteiger partial charge in [-0.3, -0.25) is 9.09 Å². The number of phosphoric ester groups is 1. The zero-order valence-electron chi connectivity index (χ0n) is 16.1. The van der Waals surface area contributed by atoms with Crippen molar-refractivity contribution in [2.45, 2.75) is 30.7 Å². The molecule has 21 heteroatoms. The first kappa shape index (κ1) is 24.6. The molecule has 0 radical (unpaired) electrons. The number of hydrogen-bond acceptors (Lipinski definition) is 13. The highest BCUT2D eigenvalue weighted by molar-refractivity contribution is 7.66. The number of aliphatic imine (C=N–C) groups is 1. The Morgan fingerprint density at radius 2 is 1.82 bits per heavy atom. The zero-order chi connectivity index (χ0) is 24.2. The van der Waals surface area contributed by atoms with Crippen molar-refractivity contribution in [3.63, 3.8) is 0 Å². The van der Waals surface area contributed by atoms with Crippen molar-refractivity contribution in [1.29, 1.82) is 0 Å². The van der Waals surface area contributed by atoms with E-state index < -0.39 is 54.6 Å². The van der Waals surface area contributed by atoms with Crippen LogP contribution in [0.4, 0.5) is 5.82 Å². The molecule has 7 atom stereocenters. The molecular weight excluding hydrogens is 515 g/mol. The molecule has 1 fully saturated rings. The number of aliphatic hydroxyl groups excluding tert-OH is 2. The lowest BCUT2D eigenvalue weighted by Crippen LogP contribution is -2.33. The molecule has 7 N–H and O–H groups in total. The first-order chi connectivity index (χ1) is 15.3. The van der Waals surface area contributed by atoms with Crippen molar-refractivity contribution in [3.05, 3.63) is 24.4 Å². The molecule has 3 unspecified atom stereocenters. The number of hydrogen-bond donors (Lipinski definition) is 7. The van der Waals surface area contributed by atoms with Crippen LogP contribution in [0.3, 0.4) is 0 Å². The van der Waals surface area contributed by atoms with E-state index in [-0.39, 0.29) is 6.17 Å². The Morgan fingerprint density at radius 1 is 1.09 bits per heavy atom. The number of ether oxygens (including phenoxy) is 1. The third kappa shape index (κ3) is 5.28. The molecule has 0 bridgehead atoms. The first-order valence-electron chi connectivity index (χ1n) is 8.87. The molecule has 3 aliphatic heterocycles. The highest BCUT2D eigenvalue weighted by atomic mass is 31.3. The third-order valence-electron chi connectivity index (χ3n) is 4.60. The molecule has 33 heavy (non-hydrogen) atoms. The minimum atomic E-state index is -5.70. The van der Waals surface area contributed by atoms with Crippen LogP contribution >= 0.6 is 23.5 Å². The molecular formula is C12H18N5O13P3. The minimum Gasteiger partial charge on any atom is -0.387 e. The van der Waals surface area contributed by atoms with E-state index >= 15 is 0 Å².